The molecule has 1 aromatic heterocycles. The number of benzene rings is 1. The van der Waals surface area contributed by atoms with Gasteiger partial charge in [-0.2, -0.15) is 5.10 Å². The molecule has 0 aliphatic carbocycles. The Morgan fingerprint density at radius 1 is 1.29 bits per heavy atom. The first kappa shape index (κ1) is 15.2. The predicted molar refractivity (Wildman–Crippen MR) is 86.9 cm³/mol. The molecule has 0 amide bonds. The van der Waals surface area contributed by atoms with E-state index in [1.807, 2.05) is 23.9 Å². The van der Waals surface area contributed by atoms with Crippen molar-refractivity contribution < 1.29 is 4.74 Å². The highest BCUT2D eigenvalue weighted by atomic mass is 16.5. The average molecular weight is 288 g/mol. The van der Waals surface area contributed by atoms with E-state index in [0.29, 0.717) is 5.92 Å². The second-order valence-corrected chi connectivity index (χ2v) is 5.45. The van der Waals surface area contributed by atoms with Crippen LogP contribution in [0.3, 0.4) is 0 Å². The lowest BCUT2D eigenvalue weighted by atomic mass is 10.1. The van der Waals surface area contributed by atoms with E-state index >= 15 is 0 Å². The Kier molecular flexibility index (Phi) is 4.73. The summed E-state index contributed by atoms with van der Waals surface area (Å²) in [4.78, 5) is 0. The molecule has 114 valence electrons. The van der Waals surface area contributed by atoms with Crippen molar-refractivity contribution in [2.45, 2.75) is 26.2 Å². The van der Waals surface area contributed by atoms with E-state index in [2.05, 4.69) is 36.4 Å². The first-order valence-corrected chi connectivity index (χ1v) is 7.22. The number of hydrogen-bond acceptors (Lipinski definition) is 4. The Balaban J connectivity index is 1.97. The first-order chi connectivity index (χ1) is 10.0. The van der Waals surface area contributed by atoms with Gasteiger partial charge in [0.05, 0.1) is 18.5 Å². The summed E-state index contributed by atoms with van der Waals surface area (Å²) in [6.45, 7) is 5.01. The SMILES string of the molecule is COc1ccc(CCNc2c(N)c(C(C)C)nn2C)cc1. The van der Waals surface area contributed by atoms with Crippen molar-refractivity contribution in [2.24, 2.45) is 7.05 Å². The van der Waals surface area contributed by atoms with Crippen molar-refractivity contribution >= 4 is 11.5 Å². The fourth-order valence-electron chi connectivity index (χ4n) is 2.31. The fourth-order valence-corrected chi connectivity index (χ4v) is 2.31. The fraction of sp³-hybridized carbons (Fsp3) is 0.438. The van der Waals surface area contributed by atoms with Crippen molar-refractivity contribution in [3.8, 4) is 5.75 Å². The molecule has 0 atom stereocenters. The number of nitrogen functional groups attached to an aromatic ring is 1. The monoisotopic (exact) mass is 288 g/mol. The molecule has 0 radical (unpaired) electrons. The lowest BCUT2D eigenvalue weighted by Crippen LogP contribution is -2.10. The minimum absolute atomic E-state index is 0.327. The normalized spacial score (nSPS) is 10.9. The smallest absolute Gasteiger partial charge is 0.147 e. The first-order valence-electron chi connectivity index (χ1n) is 7.22. The molecule has 0 unspecified atom stereocenters. The summed E-state index contributed by atoms with van der Waals surface area (Å²) >= 11 is 0. The van der Waals surface area contributed by atoms with Gasteiger partial charge in [0.15, 0.2) is 0 Å². The number of nitrogens with two attached hydrogens (primary N) is 1. The maximum absolute atomic E-state index is 6.16. The molecule has 0 bridgehead atoms. The summed E-state index contributed by atoms with van der Waals surface area (Å²) in [6.07, 6.45) is 0.922. The third kappa shape index (κ3) is 3.48. The van der Waals surface area contributed by atoms with Gasteiger partial charge < -0.3 is 15.8 Å². The van der Waals surface area contributed by atoms with Crippen LogP contribution in [-0.4, -0.2) is 23.4 Å². The van der Waals surface area contributed by atoms with Crippen molar-refractivity contribution in [1.29, 1.82) is 0 Å². The standard InChI is InChI=1S/C16H24N4O/c1-11(2)15-14(17)16(20(3)19-15)18-10-9-12-5-7-13(21-4)8-6-12/h5-8,11,18H,9-10,17H2,1-4H3. The summed E-state index contributed by atoms with van der Waals surface area (Å²) in [5.41, 5.74) is 9.12. The number of nitrogens with zero attached hydrogens (tertiary/aromatic N) is 2. The van der Waals surface area contributed by atoms with Crippen molar-refractivity contribution in [3.63, 3.8) is 0 Å². The summed E-state index contributed by atoms with van der Waals surface area (Å²) in [6, 6.07) is 8.11. The lowest BCUT2D eigenvalue weighted by Gasteiger charge is -2.08. The summed E-state index contributed by atoms with van der Waals surface area (Å²) < 4.78 is 6.97. The highest BCUT2D eigenvalue weighted by molar-refractivity contribution is 5.65. The van der Waals surface area contributed by atoms with Crippen LogP contribution in [0.2, 0.25) is 0 Å². The quantitative estimate of drug-likeness (QED) is 0.858. The van der Waals surface area contributed by atoms with Crippen LogP contribution in [0.1, 0.15) is 31.0 Å². The molecule has 1 heterocycles. The molecule has 0 aliphatic rings. The molecule has 0 saturated heterocycles. The molecule has 5 nitrogen and oxygen atoms in total. The van der Waals surface area contributed by atoms with E-state index in [9.17, 15) is 0 Å². The number of aryl methyl sites for hydroxylation is 1. The Labute approximate surface area is 126 Å². The largest absolute Gasteiger partial charge is 0.497 e. The van der Waals surface area contributed by atoms with E-state index in [-0.39, 0.29) is 0 Å². The number of nitrogens with one attached hydrogen (secondary N) is 1. The topological polar surface area (TPSA) is 65.1 Å². The number of anilines is 2. The molecule has 0 aliphatic heterocycles. The van der Waals surface area contributed by atoms with Crippen LogP contribution in [0.15, 0.2) is 24.3 Å². The Hall–Kier alpha value is -2.17. The average Bonchev–Trinajstić information content (AvgIpc) is 2.76. The van der Waals surface area contributed by atoms with Gasteiger partial charge in [0.25, 0.3) is 0 Å². The van der Waals surface area contributed by atoms with E-state index in [1.165, 1.54) is 5.56 Å². The molecule has 2 aromatic rings. The highest BCUT2D eigenvalue weighted by Crippen LogP contribution is 2.27. The highest BCUT2D eigenvalue weighted by Gasteiger charge is 2.15. The number of methoxy groups -OCH3 is 1. The van der Waals surface area contributed by atoms with Crippen molar-refractivity contribution in [2.75, 3.05) is 24.7 Å². The number of rotatable bonds is 6. The van der Waals surface area contributed by atoms with Gasteiger partial charge >= 0.3 is 0 Å². The van der Waals surface area contributed by atoms with Gasteiger partial charge in [0, 0.05) is 13.6 Å². The van der Waals surface area contributed by atoms with E-state index in [4.69, 9.17) is 10.5 Å². The maximum atomic E-state index is 6.16. The third-order valence-corrected chi connectivity index (χ3v) is 3.52. The zero-order chi connectivity index (χ0) is 15.4. The molecule has 0 spiro atoms. The second kappa shape index (κ2) is 6.52. The van der Waals surface area contributed by atoms with Crippen molar-refractivity contribution in [3.05, 3.63) is 35.5 Å². The molecule has 3 N–H and O–H groups in total. The summed E-state index contributed by atoms with van der Waals surface area (Å²) in [5.74, 6) is 2.10. The number of ether oxygens (including phenoxy) is 1. The third-order valence-electron chi connectivity index (χ3n) is 3.52. The van der Waals surface area contributed by atoms with Crippen molar-refractivity contribution in [1.82, 2.24) is 9.78 Å². The molecule has 2 rings (SSSR count). The molecule has 1 aromatic carbocycles. The molecule has 0 fully saturated rings. The molecule has 5 heteroatoms. The van der Waals surface area contributed by atoms with Crippen LogP contribution in [-0.2, 0) is 13.5 Å². The van der Waals surface area contributed by atoms with Gasteiger partial charge in [0.1, 0.15) is 11.6 Å². The lowest BCUT2D eigenvalue weighted by molar-refractivity contribution is 0.414. The zero-order valence-corrected chi connectivity index (χ0v) is 13.2. The van der Waals surface area contributed by atoms with Crippen LogP contribution in [0.5, 0.6) is 5.75 Å². The minimum Gasteiger partial charge on any atom is -0.497 e. The molecular formula is C16H24N4O. The zero-order valence-electron chi connectivity index (χ0n) is 13.2. The molecular weight excluding hydrogens is 264 g/mol. The van der Waals surface area contributed by atoms with Crippen LogP contribution < -0.4 is 15.8 Å². The van der Waals surface area contributed by atoms with E-state index in [0.717, 1.165) is 35.9 Å². The van der Waals surface area contributed by atoms with Crippen LogP contribution in [0.4, 0.5) is 11.5 Å². The second-order valence-electron chi connectivity index (χ2n) is 5.45. The van der Waals surface area contributed by atoms with Crippen LogP contribution >= 0.6 is 0 Å². The Morgan fingerprint density at radius 3 is 2.48 bits per heavy atom. The Morgan fingerprint density at radius 2 is 1.95 bits per heavy atom. The molecule has 0 saturated carbocycles. The minimum atomic E-state index is 0.327. The van der Waals surface area contributed by atoms with Gasteiger partial charge in [-0.25, -0.2) is 0 Å². The summed E-state index contributed by atoms with van der Waals surface area (Å²) in [7, 11) is 3.59. The van der Waals surface area contributed by atoms with E-state index < -0.39 is 0 Å². The summed E-state index contributed by atoms with van der Waals surface area (Å²) in [5, 5.41) is 7.85. The van der Waals surface area contributed by atoms with Crippen LogP contribution in [0, 0.1) is 0 Å². The van der Waals surface area contributed by atoms with E-state index in [1.54, 1.807) is 7.11 Å². The number of aromatic nitrogens is 2. The molecule has 21 heavy (non-hydrogen) atoms. The maximum Gasteiger partial charge on any atom is 0.147 e. The Bertz CT molecular complexity index is 587. The van der Waals surface area contributed by atoms with Gasteiger partial charge in [0.2, 0.25) is 0 Å². The van der Waals surface area contributed by atoms with Gasteiger partial charge in [-0.05, 0) is 30.0 Å². The van der Waals surface area contributed by atoms with Gasteiger partial charge in [-0.1, -0.05) is 26.0 Å². The van der Waals surface area contributed by atoms with Crippen LogP contribution in [0.25, 0.3) is 0 Å². The van der Waals surface area contributed by atoms with Gasteiger partial charge in [-0.3, -0.25) is 4.68 Å². The predicted octanol–water partition coefficient (Wildman–Crippen LogP) is 2.79. The van der Waals surface area contributed by atoms with Gasteiger partial charge in [-0.15, -0.1) is 0 Å². The number of hydrogen-bond donors (Lipinski definition) is 2.